The molecule has 3 N–H and O–H groups in total. The molecule has 2 aromatic rings. The Morgan fingerprint density at radius 2 is 2.26 bits per heavy atom. The monoisotopic (exact) mass is 263 g/mol. The lowest BCUT2D eigenvalue weighted by atomic mass is 10.3. The number of methoxy groups -OCH3 is 1. The van der Waals surface area contributed by atoms with Crippen LogP contribution in [0.4, 0.5) is 5.69 Å². The summed E-state index contributed by atoms with van der Waals surface area (Å²) in [6.07, 6.45) is 1.81. The number of carbonyl (C=O) groups is 2. The number of fused-ring (bicyclic) bond motifs is 1. The summed E-state index contributed by atoms with van der Waals surface area (Å²) in [4.78, 5) is 26.4. The molecule has 0 saturated heterocycles. The van der Waals surface area contributed by atoms with E-state index in [0.717, 1.165) is 0 Å². The van der Waals surface area contributed by atoms with Crippen molar-refractivity contribution in [2.75, 3.05) is 12.8 Å². The quantitative estimate of drug-likeness (QED) is 0.787. The van der Waals surface area contributed by atoms with Gasteiger partial charge in [0.1, 0.15) is 11.3 Å². The number of carboxylic acids is 1. The molecule has 19 heavy (non-hydrogen) atoms. The van der Waals surface area contributed by atoms with Crippen LogP contribution in [0.15, 0.2) is 18.3 Å². The van der Waals surface area contributed by atoms with E-state index < -0.39 is 11.9 Å². The summed E-state index contributed by atoms with van der Waals surface area (Å²) >= 11 is 0. The molecule has 0 unspecified atom stereocenters. The number of esters is 1. The van der Waals surface area contributed by atoms with Gasteiger partial charge in [-0.15, -0.1) is 0 Å². The molecule has 0 amide bonds. The summed E-state index contributed by atoms with van der Waals surface area (Å²) in [7, 11) is 1.25. The minimum absolute atomic E-state index is 0.0749. The Balaban J connectivity index is 2.56. The zero-order chi connectivity index (χ0) is 14.0. The van der Waals surface area contributed by atoms with Crippen LogP contribution in [0.1, 0.15) is 22.7 Å². The van der Waals surface area contributed by atoms with Gasteiger partial charge in [0.05, 0.1) is 19.2 Å². The molecular weight excluding hydrogens is 250 g/mol. The molecule has 0 aliphatic rings. The molecule has 2 heterocycles. The van der Waals surface area contributed by atoms with Gasteiger partial charge in [0.25, 0.3) is 0 Å². The number of hydrogen-bond acceptors (Lipinski definition) is 5. The van der Waals surface area contributed by atoms with Gasteiger partial charge in [-0.3, -0.25) is 4.79 Å². The van der Waals surface area contributed by atoms with Crippen LogP contribution in [0.5, 0.6) is 0 Å². The molecule has 0 bridgehead atoms. The molecule has 0 radical (unpaired) electrons. The van der Waals surface area contributed by atoms with Crippen molar-refractivity contribution in [3.8, 4) is 0 Å². The third-order valence-electron chi connectivity index (χ3n) is 2.71. The van der Waals surface area contributed by atoms with Gasteiger partial charge in [0.2, 0.25) is 0 Å². The fourth-order valence-corrected chi connectivity index (χ4v) is 1.86. The molecule has 7 heteroatoms. The maximum absolute atomic E-state index is 11.7. The molecule has 0 spiro atoms. The van der Waals surface area contributed by atoms with E-state index in [4.69, 9.17) is 10.8 Å². The Bertz CT molecular complexity index is 648. The molecular formula is C12H13N3O4. The number of aromatic nitrogens is 2. The van der Waals surface area contributed by atoms with Gasteiger partial charge in [-0.1, -0.05) is 0 Å². The predicted octanol–water partition coefficient (Wildman–Crippen LogP) is 0.720. The van der Waals surface area contributed by atoms with Crippen LogP contribution in [0.25, 0.3) is 5.52 Å². The number of nitrogens with zero attached hydrogens (tertiary/aromatic N) is 2. The first-order valence-electron chi connectivity index (χ1n) is 5.60. The maximum atomic E-state index is 11.7. The summed E-state index contributed by atoms with van der Waals surface area (Å²) in [5.41, 5.74) is 6.76. The van der Waals surface area contributed by atoms with Crippen LogP contribution in [0.2, 0.25) is 0 Å². The summed E-state index contributed by atoms with van der Waals surface area (Å²) in [5.74, 6) is -1.07. The van der Waals surface area contributed by atoms with Crippen LogP contribution in [0, 0.1) is 0 Å². The number of aliphatic carboxylic acids is 1. The molecule has 0 saturated carbocycles. The van der Waals surface area contributed by atoms with Crippen molar-refractivity contribution in [2.45, 2.75) is 12.8 Å². The Morgan fingerprint density at radius 3 is 2.89 bits per heavy atom. The number of imidazole rings is 1. The van der Waals surface area contributed by atoms with Crippen molar-refractivity contribution in [1.82, 2.24) is 9.38 Å². The average molecular weight is 263 g/mol. The van der Waals surface area contributed by atoms with Gasteiger partial charge in [-0.25, -0.2) is 9.78 Å². The third kappa shape index (κ3) is 2.35. The second kappa shape index (κ2) is 4.97. The van der Waals surface area contributed by atoms with Gasteiger partial charge < -0.3 is 20.0 Å². The van der Waals surface area contributed by atoms with E-state index in [9.17, 15) is 9.59 Å². The van der Waals surface area contributed by atoms with Crippen molar-refractivity contribution in [2.24, 2.45) is 0 Å². The second-order valence-corrected chi connectivity index (χ2v) is 3.94. The average Bonchev–Trinajstić information content (AvgIpc) is 2.76. The number of rotatable bonds is 4. The molecule has 0 aromatic carbocycles. The van der Waals surface area contributed by atoms with Crippen LogP contribution in [0.3, 0.4) is 0 Å². The Labute approximate surface area is 108 Å². The van der Waals surface area contributed by atoms with Crippen molar-refractivity contribution in [3.05, 3.63) is 29.8 Å². The molecule has 2 rings (SSSR count). The summed E-state index contributed by atoms with van der Waals surface area (Å²) in [5, 5.41) is 8.71. The predicted molar refractivity (Wildman–Crippen MR) is 66.9 cm³/mol. The lowest BCUT2D eigenvalue weighted by Crippen LogP contribution is -2.03. The fraction of sp³-hybridized carbons (Fsp3) is 0.250. The lowest BCUT2D eigenvalue weighted by molar-refractivity contribution is -0.137. The van der Waals surface area contributed by atoms with Crippen LogP contribution >= 0.6 is 0 Å². The number of nitrogen functional groups attached to an aromatic ring is 1. The Hall–Kier alpha value is -2.57. The number of ether oxygens (including phenoxy) is 1. The minimum Gasteiger partial charge on any atom is -0.481 e. The number of aryl methyl sites for hydroxylation is 1. The van der Waals surface area contributed by atoms with Crippen molar-refractivity contribution in [1.29, 1.82) is 0 Å². The van der Waals surface area contributed by atoms with Crippen LogP contribution in [-0.4, -0.2) is 33.5 Å². The van der Waals surface area contributed by atoms with Crippen molar-refractivity contribution < 1.29 is 19.4 Å². The summed E-state index contributed by atoms with van der Waals surface area (Å²) in [6.45, 7) is 0. The molecule has 7 nitrogen and oxygen atoms in total. The SMILES string of the molecule is COC(=O)c1nc(CCC(=O)O)n2cccc(N)c12. The number of carboxylic acid groups (broad SMARTS) is 1. The Morgan fingerprint density at radius 1 is 1.53 bits per heavy atom. The van der Waals surface area contributed by atoms with E-state index >= 15 is 0 Å². The molecule has 0 aliphatic carbocycles. The number of hydrogen-bond donors (Lipinski definition) is 2. The second-order valence-electron chi connectivity index (χ2n) is 3.94. The van der Waals surface area contributed by atoms with Gasteiger partial charge in [-0.2, -0.15) is 0 Å². The zero-order valence-electron chi connectivity index (χ0n) is 10.3. The number of pyridine rings is 1. The maximum Gasteiger partial charge on any atom is 0.359 e. The van der Waals surface area contributed by atoms with Gasteiger partial charge in [0, 0.05) is 12.6 Å². The first-order chi connectivity index (χ1) is 9.04. The highest BCUT2D eigenvalue weighted by atomic mass is 16.5. The van der Waals surface area contributed by atoms with E-state index in [2.05, 4.69) is 9.72 Å². The first-order valence-corrected chi connectivity index (χ1v) is 5.60. The van der Waals surface area contributed by atoms with Crippen molar-refractivity contribution >= 4 is 23.1 Å². The molecule has 0 aliphatic heterocycles. The molecule has 2 aromatic heterocycles. The van der Waals surface area contributed by atoms with Crippen LogP contribution in [-0.2, 0) is 16.0 Å². The van der Waals surface area contributed by atoms with E-state index in [1.54, 1.807) is 22.7 Å². The highest BCUT2D eigenvalue weighted by Crippen LogP contribution is 2.21. The number of anilines is 1. The minimum atomic E-state index is -0.930. The van der Waals surface area contributed by atoms with E-state index in [-0.39, 0.29) is 18.5 Å². The van der Waals surface area contributed by atoms with E-state index in [1.165, 1.54) is 7.11 Å². The number of carbonyl (C=O) groups excluding carboxylic acids is 1. The van der Waals surface area contributed by atoms with Gasteiger partial charge >= 0.3 is 11.9 Å². The zero-order valence-corrected chi connectivity index (χ0v) is 10.3. The standard InChI is InChI=1S/C12H13N3O4/c1-19-12(18)10-11-7(13)3-2-6-15(11)8(14-10)4-5-9(16)17/h2-3,6H,4-5,13H2,1H3,(H,16,17). The topological polar surface area (TPSA) is 107 Å². The van der Waals surface area contributed by atoms with Gasteiger partial charge in [0.15, 0.2) is 5.69 Å². The van der Waals surface area contributed by atoms with E-state index in [0.29, 0.717) is 17.0 Å². The van der Waals surface area contributed by atoms with E-state index in [1.807, 2.05) is 0 Å². The first kappa shape index (κ1) is 12.9. The number of nitrogens with two attached hydrogens (primary N) is 1. The molecule has 0 fully saturated rings. The Kier molecular flexibility index (Phi) is 3.37. The largest absolute Gasteiger partial charge is 0.481 e. The normalized spacial score (nSPS) is 10.6. The smallest absolute Gasteiger partial charge is 0.359 e. The molecule has 0 atom stereocenters. The highest BCUT2D eigenvalue weighted by Gasteiger charge is 2.20. The third-order valence-corrected chi connectivity index (χ3v) is 2.71. The van der Waals surface area contributed by atoms with Gasteiger partial charge in [-0.05, 0) is 12.1 Å². The lowest BCUT2D eigenvalue weighted by Gasteiger charge is -2.01. The summed E-state index contributed by atoms with van der Waals surface area (Å²) < 4.78 is 6.27. The highest BCUT2D eigenvalue weighted by molar-refractivity contribution is 5.98. The van der Waals surface area contributed by atoms with Crippen LogP contribution < -0.4 is 5.73 Å². The molecule has 100 valence electrons. The van der Waals surface area contributed by atoms with Crippen molar-refractivity contribution in [3.63, 3.8) is 0 Å². The summed E-state index contributed by atoms with van der Waals surface area (Å²) in [6, 6.07) is 3.35. The fourth-order valence-electron chi connectivity index (χ4n) is 1.86.